The van der Waals surface area contributed by atoms with Crippen molar-refractivity contribution in [3.63, 3.8) is 0 Å². The van der Waals surface area contributed by atoms with E-state index in [9.17, 15) is 4.79 Å². The molecule has 0 fully saturated rings. The van der Waals surface area contributed by atoms with E-state index in [1.54, 1.807) is 0 Å². The molecule has 0 unspecified atom stereocenters. The monoisotopic (exact) mass is 228 g/mol. The molecule has 0 bridgehead atoms. The van der Waals surface area contributed by atoms with Crippen LogP contribution in [0, 0.1) is 5.41 Å². The van der Waals surface area contributed by atoms with Crippen molar-refractivity contribution in [2.45, 2.75) is 59.9 Å². The first-order valence-corrected chi connectivity index (χ1v) is 6.35. The Morgan fingerprint density at radius 2 is 1.94 bits per heavy atom. The van der Waals surface area contributed by atoms with Gasteiger partial charge in [0.25, 0.3) is 0 Å². The van der Waals surface area contributed by atoms with Crippen LogP contribution in [0.2, 0.25) is 0 Å². The fourth-order valence-electron chi connectivity index (χ4n) is 1.56. The number of nitrogens with one attached hydrogen (secondary N) is 2. The topological polar surface area (TPSA) is 41.1 Å². The molecule has 2 N–H and O–H groups in total. The number of amides is 1. The van der Waals surface area contributed by atoms with Crippen molar-refractivity contribution in [2.24, 2.45) is 5.41 Å². The summed E-state index contributed by atoms with van der Waals surface area (Å²) in [6, 6.07) is 0.358. The van der Waals surface area contributed by atoms with Crippen LogP contribution in [-0.2, 0) is 4.79 Å². The van der Waals surface area contributed by atoms with Crippen molar-refractivity contribution in [3.05, 3.63) is 0 Å². The Bertz CT molecular complexity index is 197. The number of likely N-dealkylation sites (N-methyl/N-ethyl adjacent to an activating group) is 1. The van der Waals surface area contributed by atoms with Crippen molar-refractivity contribution < 1.29 is 4.79 Å². The van der Waals surface area contributed by atoms with Crippen LogP contribution in [0.3, 0.4) is 0 Å². The Morgan fingerprint density at radius 3 is 2.44 bits per heavy atom. The lowest BCUT2D eigenvalue weighted by Gasteiger charge is -2.18. The molecule has 96 valence electrons. The zero-order chi connectivity index (χ0) is 12.6. The molecule has 0 aromatic heterocycles. The standard InChI is InChI=1S/C13H28N2O/c1-6-14-11(2)10-15-12(16)8-7-9-13(3,4)5/h11,14H,6-10H2,1-5H3,(H,15,16)/t11-/m1/s1. The van der Waals surface area contributed by atoms with Crippen LogP contribution >= 0.6 is 0 Å². The van der Waals surface area contributed by atoms with Crippen LogP contribution in [-0.4, -0.2) is 25.0 Å². The minimum absolute atomic E-state index is 0.175. The summed E-state index contributed by atoms with van der Waals surface area (Å²) in [4.78, 5) is 11.5. The van der Waals surface area contributed by atoms with Gasteiger partial charge in [-0.15, -0.1) is 0 Å². The molecule has 0 radical (unpaired) electrons. The first kappa shape index (κ1) is 15.4. The van der Waals surface area contributed by atoms with E-state index in [-0.39, 0.29) is 5.91 Å². The highest BCUT2D eigenvalue weighted by Crippen LogP contribution is 2.21. The molecule has 3 heteroatoms. The van der Waals surface area contributed by atoms with Gasteiger partial charge < -0.3 is 10.6 Å². The third kappa shape index (κ3) is 9.97. The van der Waals surface area contributed by atoms with Crippen LogP contribution in [0.1, 0.15) is 53.9 Å². The van der Waals surface area contributed by atoms with Gasteiger partial charge in [0.1, 0.15) is 0 Å². The van der Waals surface area contributed by atoms with Crippen molar-refractivity contribution in [1.29, 1.82) is 0 Å². The lowest BCUT2D eigenvalue weighted by atomic mass is 9.90. The summed E-state index contributed by atoms with van der Waals surface area (Å²) < 4.78 is 0. The number of carbonyl (C=O) groups is 1. The van der Waals surface area contributed by atoms with Gasteiger partial charge >= 0.3 is 0 Å². The average Bonchev–Trinajstić information content (AvgIpc) is 2.13. The van der Waals surface area contributed by atoms with E-state index in [1.165, 1.54) is 0 Å². The molecular formula is C13H28N2O. The van der Waals surface area contributed by atoms with E-state index in [0.717, 1.165) is 25.9 Å². The second kappa shape index (κ2) is 7.66. The van der Waals surface area contributed by atoms with Gasteiger partial charge in [0.05, 0.1) is 0 Å². The normalized spacial score (nSPS) is 13.6. The molecule has 0 aromatic rings. The zero-order valence-electron chi connectivity index (χ0n) is 11.5. The van der Waals surface area contributed by atoms with E-state index in [4.69, 9.17) is 0 Å². The maximum absolute atomic E-state index is 11.5. The molecule has 1 atom stereocenters. The predicted octanol–water partition coefficient (Wildman–Crippen LogP) is 2.32. The van der Waals surface area contributed by atoms with E-state index >= 15 is 0 Å². The van der Waals surface area contributed by atoms with Gasteiger partial charge in [-0.25, -0.2) is 0 Å². The number of carbonyl (C=O) groups excluding carboxylic acids is 1. The Morgan fingerprint density at radius 1 is 1.31 bits per heavy atom. The Balaban J connectivity index is 3.52. The van der Waals surface area contributed by atoms with E-state index in [0.29, 0.717) is 17.9 Å². The molecule has 1 amide bonds. The molecule has 0 aromatic carbocycles. The molecule has 0 spiro atoms. The van der Waals surface area contributed by atoms with E-state index in [1.807, 2.05) is 0 Å². The van der Waals surface area contributed by atoms with Crippen LogP contribution in [0.5, 0.6) is 0 Å². The van der Waals surface area contributed by atoms with Crippen LogP contribution < -0.4 is 10.6 Å². The third-order valence-electron chi connectivity index (χ3n) is 2.49. The Labute approximate surface area is 100 Å². The maximum atomic E-state index is 11.5. The van der Waals surface area contributed by atoms with Crippen molar-refractivity contribution in [1.82, 2.24) is 10.6 Å². The van der Waals surface area contributed by atoms with Gasteiger partial charge in [0.2, 0.25) is 5.91 Å². The van der Waals surface area contributed by atoms with Crippen molar-refractivity contribution >= 4 is 5.91 Å². The molecule has 0 heterocycles. The SMILES string of the molecule is CCN[C@H](C)CNC(=O)CCCC(C)(C)C. The molecule has 0 aliphatic rings. The summed E-state index contributed by atoms with van der Waals surface area (Å²) in [5, 5.41) is 6.22. The summed E-state index contributed by atoms with van der Waals surface area (Å²) in [7, 11) is 0. The van der Waals surface area contributed by atoms with Gasteiger partial charge in [-0.1, -0.05) is 27.7 Å². The first-order valence-electron chi connectivity index (χ1n) is 6.35. The second-order valence-electron chi connectivity index (χ2n) is 5.68. The highest BCUT2D eigenvalue weighted by atomic mass is 16.1. The average molecular weight is 228 g/mol. The van der Waals surface area contributed by atoms with E-state index < -0.39 is 0 Å². The summed E-state index contributed by atoms with van der Waals surface area (Å²) in [6.07, 6.45) is 2.73. The predicted molar refractivity (Wildman–Crippen MR) is 69.5 cm³/mol. The lowest BCUT2D eigenvalue weighted by molar-refractivity contribution is -0.121. The fraction of sp³-hybridized carbons (Fsp3) is 0.923. The number of hydrogen-bond acceptors (Lipinski definition) is 2. The highest BCUT2D eigenvalue weighted by molar-refractivity contribution is 5.75. The molecule has 0 saturated heterocycles. The first-order chi connectivity index (χ1) is 7.35. The largest absolute Gasteiger partial charge is 0.355 e. The van der Waals surface area contributed by atoms with Gasteiger partial charge in [0, 0.05) is 19.0 Å². The minimum atomic E-state index is 0.175. The highest BCUT2D eigenvalue weighted by Gasteiger charge is 2.11. The summed E-state index contributed by atoms with van der Waals surface area (Å²) in [5.74, 6) is 0.175. The number of hydrogen-bond donors (Lipinski definition) is 2. The maximum Gasteiger partial charge on any atom is 0.220 e. The van der Waals surface area contributed by atoms with E-state index in [2.05, 4.69) is 45.3 Å². The van der Waals surface area contributed by atoms with Gasteiger partial charge in [-0.2, -0.15) is 0 Å². The Kier molecular flexibility index (Phi) is 7.39. The number of rotatable bonds is 7. The molecular weight excluding hydrogens is 200 g/mol. The third-order valence-corrected chi connectivity index (χ3v) is 2.49. The van der Waals surface area contributed by atoms with Gasteiger partial charge in [-0.05, 0) is 31.7 Å². The summed E-state index contributed by atoms with van der Waals surface area (Å²) >= 11 is 0. The summed E-state index contributed by atoms with van der Waals surface area (Å²) in [6.45, 7) is 12.4. The zero-order valence-corrected chi connectivity index (χ0v) is 11.5. The molecule has 0 aliphatic carbocycles. The Hall–Kier alpha value is -0.570. The quantitative estimate of drug-likeness (QED) is 0.702. The van der Waals surface area contributed by atoms with Crippen molar-refractivity contribution in [3.8, 4) is 0 Å². The van der Waals surface area contributed by atoms with Crippen molar-refractivity contribution in [2.75, 3.05) is 13.1 Å². The molecule has 16 heavy (non-hydrogen) atoms. The van der Waals surface area contributed by atoms with Crippen LogP contribution in [0.4, 0.5) is 0 Å². The fourth-order valence-corrected chi connectivity index (χ4v) is 1.56. The van der Waals surface area contributed by atoms with Crippen LogP contribution in [0.25, 0.3) is 0 Å². The van der Waals surface area contributed by atoms with Gasteiger partial charge in [-0.3, -0.25) is 4.79 Å². The summed E-state index contributed by atoms with van der Waals surface area (Å²) in [5.41, 5.74) is 0.331. The lowest BCUT2D eigenvalue weighted by Crippen LogP contribution is -2.38. The molecule has 0 saturated carbocycles. The second-order valence-corrected chi connectivity index (χ2v) is 5.68. The molecule has 0 rings (SSSR count). The smallest absolute Gasteiger partial charge is 0.220 e. The molecule has 3 nitrogen and oxygen atoms in total. The molecule has 0 aliphatic heterocycles. The minimum Gasteiger partial charge on any atom is -0.355 e. The van der Waals surface area contributed by atoms with Crippen LogP contribution in [0.15, 0.2) is 0 Å². The van der Waals surface area contributed by atoms with Gasteiger partial charge in [0.15, 0.2) is 0 Å².